The second-order valence-corrected chi connectivity index (χ2v) is 8.63. The highest BCUT2D eigenvalue weighted by atomic mass is 16.5. The van der Waals surface area contributed by atoms with Gasteiger partial charge in [0, 0.05) is 11.1 Å². The van der Waals surface area contributed by atoms with Crippen molar-refractivity contribution in [2.24, 2.45) is 11.0 Å². The first-order valence-corrected chi connectivity index (χ1v) is 11.9. The highest BCUT2D eigenvalue weighted by Crippen LogP contribution is 2.28. The summed E-state index contributed by atoms with van der Waals surface area (Å²) in [5, 5.41) is 16.1. The van der Waals surface area contributed by atoms with Crippen molar-refractivity contribution >= 4 is 18.0 Å². The zero-order chi connectivity index (χ0) is 27.5. The van der Waals surface area contributed by atoms with Gasteiger partial charge in [0.2, 0.25) is 0 Å². The van der Waals surface area contributed by atoms with Gasteiger partial charge in [-0.3, -0.25) is 9.59 Å². The van der Waals surface area contributed by atoms with Crippen molar-refractivity contribution in [1.29, 1.82) is 5.26 Å². The molecule has 0 heterocycles. The van der Waals surface area contributed by atoms with Crippen molar-refractivity contribution in [3.05, 3.63) is 89.0 Å². The molecule has 1 unspecified atom stereocenters. The average molecular weight is 515 g/mol. The van der Waals surface area contributed by atoms with Crippen LogP contribution in [-0.2, 0) is 11.4 Å². The Morgan fingerprint density at radius 3 is 2.39 bits per heavy atom. The molecule has 0 radical (unpaired) electrons. The topological polar surface area (TPSA) is 122 Å². The lowest BCUT2D eigenvalue weighted by molar-refractivity contribution is -0.123. The molecule has 9 nitrogen and oxygen atoms in total. The van der Waals surface area contributed by atoms with Crippen LogP contribution >= 0.6 is 0 Å². The second kappa shape index (κ2) is 13.5. The Balaban J connectivity index is 1.62. The normalized spacial score (nSPS) is 11.5. The number of carbonyl (C=O) groups excluding carboxylic acids is 2. The van der Waals surface area contributed by atoms with Gasteiger partial charge in [0.25, 0.3) is 11.8 Å². The molecule has 2 N–H and O–H groups in total. The second-order valence-electron chi connectivity index (χ2n) is 8.63. The third kappa shape index (κ3) is 7.34. The van der Waals surface area contributed by atoms with E-state index in [0.717, 1.165) is 5.56 Å². The lowest BCUT2D eigenvalue weighted by atomic mass is 10.0. The van der Waals surface area contributed by atoms with Crippen LogP contribution in [0.1, 0.15) is 40.9 Å². The quantitative estimate of drug-likeness (QED) is 0.294. The lowest BCUT2D eigenvalue weighted by Crippen LogP contribution is -2.48. The number of benzene rings is 3. The summed E-state index contributed by atoms with van der Waals surface area (Å²) < 4.78 is 16.4. The summed E-state index contributed by atoms with van der Waals surface area (Å²) in [7, 11) is 3.07. The standard InChI is InChI=1S/C29H30N4O5/c1-19(2)27(32-28(34)21-10-12-24(36-3)13-11-21)29(35)33-31-17-20-9-14-25(26(15-20)37-4)38-18-23-8-6-5-7-22(23)16-30/h5-15,17,19,27H,18H2,1-4H3,(H,32,34)(H,33,35)/b31-17+. The molecule has 0 aliphatic heterocycles. The smallest absolute Gasteiger partial charge is 0.262 e. The van der Waals surface area contributed by atoms with Crippen LogP contribution in [0.4, 0.5) is 0 Å². The summed E-state index contributed by atoms with van der Waals surface area (Å²) in [6.45, 7) is 3.88. The van der Waals surface area contributed by atoms with Crippen LogP contribution in [0, 0.1) is 17.2 Å². The lowest BCUT2D eigenvalue weighted by Gasteiger charge is -2.20. The molecule has 1 atom stereocenters. The molecule has 38 heavy (non-hydrogen) atoms. The molecule has 0 aliphatic carbocycles. The van der Waals surface area contributed by atoms with E-state index < -0.39 is 11.9 Å². The maximum absolute atomic E-state index is 12.8. The van der Waals surface area contributed by atoms with E-state index in [-0.39, 0.29) is 18.4 Å². The summed E-state index contributed by atoms with van der Waals surface area (Å²) >= 11 is 0. The highest BCUT2D eigenvalue weighted by Gasteiger charge is 2.24. The van der Waals surface area contributed by atoms with Gasteiger partial charge in [0.1, 0.15) is 18.4 Å². The van der Waals surface area contributed by atoms with Crippen molar-refractivity contribution in [1.82, 2.24) is 10.7 Å². The first-order chi connectivity index (χ1) is 18.4. The van der Waals surface area contributed by atoms with Crippen molar-refractivity contribution in [2.45, 2.75) is 26.5 Å². The predicted octanol–water partition coefficient (Wildman–Crippen LogP) is 4.06. The minimum absolute atomic E-state index is 0.171. The van der Waals surface area contributed by atoms with Crippen LogP contribution in [0.25, 0.3) is 0 Å². The van der Waals surface area contributed by atoms with Gasteiger partial charge in [-0.2, -0.15) is 10.4 Å². The Kier molecular flexibility index (Phi) is 9.83. The van der Waals surface area contributed by atoms with Gasteiger partial charge >= 0.3 is 0 Å². The molecule has 196 valence electrons. The molecule has 2 amide bonds. The number of ether oxygens (including phenoxy) is 3. The number of nitrogens with one attached hydrogen (secondary N) is 2. The van der Waals surface area contributed by atoms with Crippen LogP contribution in [0.3, 0.4) is 0 Å². The SMILES string of the molecule is COc1ccc(C(=O)NC(C(=O)N/N=C/c2ccc(OCc3ccccc3C#N)c(OC)c2)C(C)C)cc1. The third-order valence-corrected chi connectivity index (χ3v) is 5.68. The number of rotatable bonds is 11. The number of amides is 2. The number of hydrogen-bond acceptors (Lipinski definition) is 7. The van der Waals surface area contributed by atoms with E-state index in [1.54, 1.807) is 61.7 Å². The van der Waals surface area contributed by atoms with Gasteiger partial charge in [-0.15, -0.1) is 0 Å². The predicted molar refractivity (Wildman–Crippen MR) is 143 cm³/mol. The van der Waals surface area contributed by atoms with Crippen molar-refractivity contribution < 1.29 is 23.8 Å². The Labute approximate surface area is 222 Å². The molecule has 9 heteroatoms. The van der Waals surface area contributed by atoms with Crippen LogP contribution in [0.2, 0.25) is 0 Å². The molecular formula is C29H30N4O5. The van der Waals surface area contributed by atoms with Gasteiger partial charge in [0.05, 0.1) is 32.1 Å². The number of methoxy groups -OCH3 is 2. The van der Waals surface area contributed by atoms with Crippen molar-refractivity contribution in [3.63, 3.8) is 0 Å². The number of hydrogen-bond donors (Lipinski definition) is 2. The van der Waals surface area contributed by atoms with E-state index in [1.807, 2.05) is 26.0 Å². The van der Waals surface area contributed by atoms with Crippen LogP contribution in [0.15, 0.2) is 71.8 Å². The molecule has 0 spiro atoms. The Hall–Kier alpha value is -4.84. The van der Waals surface area contributed by atoms with E-state index in [2.05, 4.69) is 21.9 Å². The fourth-order valence-electron chi connectivity index (χ4n) is 3.54. The summed E-state index contributed by atoms with van der Waals surface area (Å²) in [5.74, 6) is 0.623. The van der Waals surface area contributed by atoms with Crippen molar-refractivity contribution in [3.8, 4) is 23.3 Å². The van der Waals surface area contributed by atoms with E-state index in [4.69, 9.17) is 14.2 Å². The first kappa shape index (κ1) is 27.7. The van der Waals surface area contributed by atoms with Crippen LogP contribution in [0.5, 0.6) is 17.2 Å². The molecule has 3 aromatic carbocycles. The monoisotopic (exact) mass is 514 g/mol. The molecular weight excluding hydrogens is 484 g/mol. The van der Waals surface area contributed by atoms with Gasteiger partial charge in [-0.1, -0.05) is 32.0 Å². The Morgan fingerprint density at radius 2 is 1.74 bits per heavy atom. The van der Waals surface area contributed by atoms with Crippen LogP contribution in [-0.4, -0.2) is 38.3 Å². The minimum Gasteiger partial charge on any atom is -0.497 e. The van der Waals surface area contributed by atoms with E-state index in [9.17, 15) is 14.9 Å². The fraction of sp³-hybridized carbons (Fsp3) is 0.241. The summed E-state index contributed by atoms with van der Waals surface area (Å²) in [4.78, 5) is 25.4. The molecule has 0 saturated carbocycles. The molecule has 0 saturated heterocycles. The molecule has 0 fully saturated rings. The van der Waals surface area contributed by atoms with E-state index in [0.29, 0.717) is 33.9 Å². The largest absolute Gasteiger partial charge is 0.497 e. The molecule has 3 rings (SSSR count). The van der Waals surface area contributed by atoms with Gasteiger partial charge in [-0.25, -0.2) is 5.43 Å². The third-order valence-electron chi connectivity index (χ3n) is 5.68. The molecule has 0 aromatic heterocycles. The van der Waals surface area contributed by atoms with Gasteiger partial charge < -0.3 is 19.5 Å². The molecule has 0 aliphatic rings. The zero-order valence-electron chi connectivity index (χ0n) is 21.7. The highest BCUT2D eigenvalue weighted by molar-refractivity contribution is 5.97. The molecule has 0 bridgehead atoms. The summed E-state index contributed by atoms with van der Waals surface area (Å²) in [5.41, 5.74) is 4.88. The van der Waals surface area contributed by atoms with E-state index in [1.165, 1.54) is 13.3 Å². The fourth-order valence-corrected chi connectivity index (χ4v) is 3.54. The van der Waals surface area contributed by atoms with Gasteiger partial charge in [0.15, 0.2) is 11.5 Å². The average Bonchev–Trinajstić information content (AvgIpc) is 2.94. The van der Waals surface area contributed by atoms with E-state index >= 15 is 0 Å². The van der Waals surface area contributed by atoms with Gasteiger partial charge in [-0.05, 0) is 60.0 Å². The first-order valence-electron chi connectivity index (χ1n) is 11.9. The number of nitrogens with zero attached hydrogens (tertiary/aromatic N) is 2. The maximum atomic E-state index is 12.8. The Bertz CT molecular complexity index is 1330. The number of nitriles is 1. The van der Waals surface area contributed by atoms with Crippen molar-refractivity contribution in [2.75, 3.05) is 14.2 Å². The number of hydrazone groups is 1. The maximum Gasteiger partial charge on any atom is 0.262 e. The Morgan fingerprint density at radius 1 is 1.00 bits per heavy atom. The molecule has 3 aromatic rings. The zero-order valence-corrected chi connectivity index (χ0v) is 21.7. The van der Waals surface area contributed by atoms with Crippen LogP contribution < -0.4 is 25.0 Å². The summed E-state index contributed by atoms with van der Waals surface area (Å²) in [6, 6.07) is 20.4. The number of carbonyl (C=O) groups is 2. The summed E-state index contributed by atoms with van der Waals surface area (Å²) in [6.07, 6.45) is 1.47. The minimum atomic E-state index is -0.789.